The van der Waals surface area contributed by atoms with Crippen LogP contribution in [-0.4, -0.2) is 95.1 Å². The number of para-hydroxylation sites is 1. The van der Waals surface area contributed by atoms with Crippen molar-refractivity contribution in [2.75, 3.05) is 19.7 Å². The normalized spacial score (nSPS) is 17.9. The van der Waals surface area contributed by atoms with Crippen LogP contribution in [0.3, 0.4) is 0 Å². The SMILES string of the molecule is O=C(NCCCCNS(=O)(=O)c1ccc(Cl)c(COC2(c3cnccc3-c3ccccc3OC3CC3)CC2)c1)[C@@H](O)[C@@H](O)[C@H](O)[C@@H](O)CO. The Balaban J connectivity index is 1.14. The van der Waals surface area contributed by atoms with Crippen LogP contribution in [0.2, 0.25) is 5.02 Å². The number of ether oxygens (including phenoxy) is 2. The molecule has 2 aromatic carbocycles. The van der Waals surface area contributed by atoms with Crippen molar-refractivity contribution in [3.63, 3.8) is 0 Å². The molecular weight excluding hydrogens is 678 g/mol. The first kappa shape index (κ1) is 37.1. The smallest absolute Gasteiger partial charge is 0.251 e. The van der Waals surface area contributed by atoms with Gasteiger partial charge in [-0.05, 0) is 80.0 Å². The van der Waals surface area contributed by atoms with Gasteiger partial charge in [0.25, 0.3) is 5.91 Å². The molecule has 3 aromatic rings. The molecule has 2 fully saturated rings. The number of aromatic nitrogens is 1. The molecule has 0 spiro atoms. The molecule has 15 heteroatoms. The van der Waals surface area contributed by atoms with Crippen molar-refractivity contribution >= 4 is 27.5 Å². The summed E-state index contributed by atoms with van der Waals surface area (Å²) in [4.78, 5) is 16.5. The Bertz CT molecular complexity index is 1700. The third kappa shape index (κ3) is 9.34. The highest BCUT2D eigenvalue weighted by Crippen LogP contribution is 2.53. The van der Waals surface area contributed by atoms with Crippen LogP contribution >= 0.6 is 11.6 Å². The molecule has 0 saturated heterocycles. The minimum Gasteiger partial charge on any atom is -0.490 e. The first-order valence-corrected chi connectivity index (χ1v) is 18.1. The molecular formula is C34H42ClN3O10S. The number of halogens is 1. The largest absolute Gasteiger partial charge is 0.490 e. The quantitative estimate of drug-likeness (QED) is 0.0889. The fourth-order valence-electron chi connectivity index (χ4n) is 5.33. The first-order valence-electron chi connectivity index (χ1n) is 16.2. The molecule has 7 N–H and O–H groups in total. The summed E-state index contributed by atoms with van der Waals surface area (Å²) in [6.45, 7) is -0.691. The lowest BCUT2D eigenvalue weighted by Gasteiger charge is -2.24. The molecule has 1 heterocycles. The number of rotatable bonds is 19. The van der Waals surface area contributed by atoms with Crippen molar-refractivity contribution < 1.29 is 48.2 Å². The highest BCUT2D eigenvalue weighted by Gasteiger charge is 2.48. The van der Waals surface area contributed by atoms with E-state index in [1.165, 1.54) is 18.2 Å². The van der Waals surface area contributed by atoms with Gasteiger partial charge < -0.3 is 40.3 Å². The van der Waals surface area contributed by atoms with Crippen molar-refractivity contribution in [2.24, 2.45) is 0 Å². The molecule has 1 amide bonds. The lowest BCUT2D eigenvalue weighted by Crippen LogP contribution is -2.51. The molecule has 2 saturated carbocycles. The number of carbonyl (C=O) groups excluding carboxylic acids is 1. The van der Waals surface area contributed by atoms with Crippen molar-refractivity contribution in [1.29, 1.82) is 0 Å². The maximum absolute atomic E-state index is 13.1. The number of hydrogen-bond donors (Lipinski definition) is 7. The van der Waals surface area contributed by atoms with Gasteiger partial charge in [-0.15, -0.1) is 0 Å². The second-order valence-corrected chi connectivity index (χ2v) is 14.5. The van der Waals surface area contributed by atoms with Crippen LogP contribution in [-0.2, 0) is 31.8 Å². The number of unbranched alkanes of at least 4 members (excludes halogenated alkanes) is 1. The van der Waals surface area contributed by atoms with Crippen LogP contribution in [0.4, 0.5) is 0 Å². The van der Waals surface area contributed by atoms with Gasteiger partial charge in [0.2, 0.25) is 10.0 Å². The molecule has 2 aliphatic carbocycles. The van der Waals surface area contributed by atoms with Gasteiger partial charge in [0.05, 0.1) is 29.8 Å². The van der Waals surface area contributed by atoms with Gasteiger partial charge in [-0.1, -0.05) is 29.8 Å². The molecule has 4 atom stereocenters. The van der Waals surface area contributed by atoms with E-state index in [-0.39, 0.29) is 30.7 Å². The van der Waals surface area contributed by atoms with Gasteiger partial charge in [-0.25, -0.2) is 13.1 Å². The monoisotopic (exact) mass is 719 g/mol. The minimum atomic E-state index is -3.91. The molecule has 266 valence electrons. The molecule has 0 aliphatic heterocycles. The summed E-state index contributed by atoms with van der Waals surface area (Å²) in [5.41, 5.74) is 2.78. The Kier molecular flexibility index (Phi) is 12.3. The van der Waals surface area contributed by atoms with E-state index in [2.05, 4.69) is 15.0 Å². The van der Waals surface area contributed by atoms with E-state index in [0.29, 0.717) is 23.4 Å². The van der Waals surface area contributed by atoms with Gasteiger partial charge in [0, 0.05) is 41.6 Å². The average molecular weight is 720 g/mol. The van der Waals surface area contributed by atoms with Crippen LogP contribution < -0.4 is 14.8 Å². The van der Waals surface area contributed by atoms with Crippen LogP contribution in [0.25, 0.3) is 11.1 Å². The zero-order chi connectivity index (χ0) is 35.2. The third-order valence-electron chi connectivity index (χ3n) is 8.56. The van der Waals surface area contributed by atoms with Gasteiger partial charge in [-0.3, -0.25) is 9.78 Å². The first-order chi connectivity index (χ1) is 23.5. The van der Waals surface area contributed by atoms with E-state index in [9.17, 15) is 33.6 Å². The summed E-state index contributed by atoms with van der Waals surface area (Å²) in [6, 6.07) is 14.3. The second kappa shape index (κ2) is 16.2. The Morgan fingerprint density at radius 2 is 1.73 bits per heavy atom. The van der Waals surface area contributed by atoms with E-state index in [1.807, 2.05) is 36.5 Å². The number of aliphatic hydroxyl groups excluding tert-OH is 5. The molecule has 0 bridgehead atoms. The zero-order valence-electron chi connectivity index (χ0n) is 26.7. The number of sulfonamides is 1. The van der Waals surface area contributed by atoms with E-state index in [4.69, 9.17) is 26.2 Å². The molecule has 13 nitrogen and oxygen atoms in total. The summed E-state index contributed by atoms with van der Waals surface area (Å²) in [7, 11) is -3.91. The summed E-state index contributed by atoms with van der Waals surface area (Å²) >= 11 is 6.48. The van der Waals surface area contributed by atoms with E-state index in [0.717, 1.165) is 48.1 Å². The van der Waals surface area contributed by atoms with Crippen LogP contribution in [0.5, 0.6) is 5.75 Å². The summed E-state index contributed by atoms with van der Waals surface area (Å²) in [6.07, 6.45) is 0.367. The van der Waals surface area contributed by atoms with Gasteiger partial charge in [0.1, 0.15) is 24.1 Å². The van der Waals surface area contributed by atoms with Crippen molar-refractivity contribution in [1.82, 2.24) is 15.0 Å². The average Bonchev–Trinajstić information content (AvgIpc) is 4.05. The van der Waals surface area contributed by atoms with E-state index < -0.39 is 52.6 Å². The fraction of sp³-hybridized carbons (Fsp3) is 0.471. The number of hydrogen-bond acceptors (Lipinski definition) is 11. The van der Waals surface area contributed by atoms with Crippen molar-refractivity contribution in [3.8, 4) is 16.9 Å². The standard InChI is InChI=1S/C34H42ClN3O10S/c35-27-10-9-23(49(45,46)38-15-4-3-14-37-33(44)32(43)31(42)30(41)28(40)19-39)17-21(27)20-47-34(12-13-34)26-18-36-16-11-24(26)25-5-1-2-6-29(25)48-22-7-8-22/h1-2,5-6,9-11,16-18,22,28,30-32,38-43H,3-4,7-8,12-15,19-20H2,(H,37,44)/t28-,30+,31-,32-/m0/s1. The van der Waals surface area contributed by atoms with Crippen molar-refractivity contribution in [2.45, 2.75) is 86.1 Å². The molecule has 0 unspecified atom stereocenters. The summed E-state index contributed by atoms with van der Waals surface area (Å²) in [5.74, 6) is -0.175. The number of aliphatic hydroxyl groups is 5. The van der Waals surface area contributed by atoms with Gasteiger partial charge >= 0.3 is 0 Å². The van der Waals surface area contributed by atoms with Crippen molar-refractivity contribution in [3.05, 3.63) is 77.1 Å². The van der Waals surface area contributed by atoms with Crippen LogP contribution in [0.1, 0.15) is 49.7 Å². The maximum Gasteiger partial charge on any atom is 0.251 e. The number of nitrogens with zero attached hydrogens (tertiary/aromatic N) is 1. The topological polar surface area (TPSA) is 208 Å². The van der Waals surface area contributed by atoms with E-state index in [1.54, 1.807) is 6.20 Å². The minimum absolute atomic E-state index is 0.0163. The summed E-state index contributed by atoms with van der Waals surface area (Å²) in [5, 5.41) is 50.3. The number of nitrogens with one attached hydrogen (secondary N) is 2. The highest BCUT2D eigenvalue weighted by molar-refractivity contribution is 7.89. The number of amides is 1. The summed E-state index contributed by atoms with van der Waals surface area (Å²) < 4.78 is 41.4. The molecule has 49 heavy (non-hydrogen) atoms. The molecule has 5 rings (SSSR count). The maximum atomic E-state index is 13.1. The fourth-order valence-corrected chi connectivity index (χ4v) is 6.63. The number of carbonyl (C=O) groups is 1. The Hall–Kier alpha value is -3.18. The molecule has 2 aliphatic rings. The molecule has 1 aromatic heterocycles. The van der Waals surface area contributed by atoms with Gasteiger partial charge in [-0.2, -0.15) is 0 Å². The number of pyridine rings is 1. The third-order valence-corrected chi connectivity index (χ3v) is 10.4. The lowest BCUT2D eigenvalue weighted by atomic mass is 9.96. The highest BCUT2D eigenvalue weighted by atomic mass is 35.5. The van der Waals surface area contributed by atoms with Gasteiger partial charge in [0.15, 0.2) is 6.10 Å². The zero-order valence-corrected chi connectivity index (χ0v) is 28.3. The number of benzene rings is 2. The second-order valence-electron chi connectivity index (χ2n) is 12.3. The Morgan fingerprint density at radius 1 is 1.00 bits per heavy atom. The van der Waals surface area contributed by atoms with E-state index >= 15 is 0 Å². The molecule has 0 radical (unpaired) electrons. The Labute approximate surface area is 289 Å². The predicted octanol–water partition coefficient (Wildman–Crippen LogP) is 1.76. The lowest BCUT2D eigenvalue weighted by molar-refractivity contribution is -0.148. The van der Waals surface area contributed by atoms with Crippen LogP contribution in [0, 0.1) is 0 Å². The Morgan fingerprint density at radius 3 is 2.45 bits per heavy atom. The predicted molar refractivity (Wildman–Crippen MR) is 179 cm³/mol. The van der Waals surface area contributed by atoms with Crippen LogP contribution in [0.15, 0.2) is 65.8 Å².